The summed E-state index contributed by atoms with van der Waals surface area (Å²) in [5.41, 5.74) is 2.66. The molecule has 6 heteroatoms. The van der Waals surface area contributed by atoms with E-state index >= 15 is 0 Å². The molecule has 0 N–H and O–H groups in total. The minimum absolute atomic E-state index is 0.170. The monoisotopic (exact) mass is 363 g/mol. The quantitative estimate of drug-likeness (QED) is 0.697. The van der Waals surface area contributed by atoms with Gasteiger partial charge < -0.3 is 9.64 Å². The molecule has 0 radical (unpaired) electrons. The summed E-state index contributed by atoms with van der Waals surface area (Å²) in [5, 5.41) is 0. The van der Waals surface area contributed by atoms with Crippen LogP contribution in [0.1, 0.15) is 23.0 Å². The van der Waals surface area contributed by atoms with Gasteiger partial charge in [0.1, 0.15) is 12.4 Å². The average Bonchev–Trinajstić information content (AvgIpc) is 2.87. The highest BCUT2D eigenvalue weighted by Gasteiger charge is 2.29. The van der Waals surface area contributed by atoms with Crippen molar-refractivity contribution in [2.24, 2.45) is 0 Å². The van der Waals surface area contributed by atoms with E-state index in [2.05, 4.69) is 9.97 Å². The number of hydrogen-bond donors (Lipinski definition) is 0. The summed E-state index contributed by atoms with van der Waals surface area (Å²) in [7, 11) is 0. The van der Waals surface area contributed by atoms with Gasteiger partial charge in [-0.3, -0.25) is 9.78 Å². The third-order valence-corrected chi connectivity index (χ3v) is 4.63. The number of aromatic nitrogens is 2. The van der Waals surface area contributed by atoms with Crippen LogP contribution in [0.15, 0.2) is 61.1 Å². The van der Waals surface area contributed by atoms with Gasteiger partial charge in [-0.25, -0.2) is 9.37 Å². The van der Waals surface area contributed by atoms with Crippen LogP contribution in [0.2, 0.25) is 0 Å². The maximum atomic E-state index is 14.1. The van der Waals surface area contributed by atoms with Crippen LogP contribution in [-0.4, -0.2) is 33.4 Å². The summed E-state index contributed by atoms with van der Waals surface area (Å²) in [4.78, 5) is 22.6. The fraction of sp³-hybridized carbons (Fsp3) is 0.190. The number of carbonyl (C=O) groups is 1. The first-order valence-electron chi connectivity index (χ1n) is 8.71. The molecule has 1 atom stereocenters. The van der Waals surface area contributed by atoms with Gasteiger partial charge in [0.05, 0.1) is 12.6 Å². The molecule has 0 bridgehead atoms. The van der Waals surface area contributed by atoms with Crippen LogP contribution in [0.4, 0.5) is 4.39 Å². The third-order valence-electron chi connectivity index (χ3n) is 4.63. The SMILES string of the molecule is CC1COc2ccc(-c3cccnc3)cc2CN1C(=O)c1ncccc1F. The first kappa shape index (κ1) is 17.1. The standard InChI is InChI=1S/C21H18FN3O2/c1-14-13-27-19-7-6-15(16-4-2-8-23-11-16)10-17(19)12-25(14)21(26)20-18(22)5-3-9-24-20/h2-11,14H,12-13H2,1H3. The number of benzene rings is 1. The zero-order valence-electron chi connectivity index (χ0n) is 14.8. The molecule has 0 spiro atoms. The molecule has 1 unspecified atom stereocenters. The number of ether oxygens (including phenoxy) is 1. The number of pyridine rings is 2. The Labute approximate surface area is 156 Å². The van der Waals surface area contributed by atoms with E-state index in [0.717, 1.165) is 22.4 Å². The zero-order chi connectivity index (χ0) is 18.8. The third kappa shape index (κ3) is 3.38. The van der Waals surface area contributed by atoms with Gasteiger partial charge in [-0.15, -0.1) is 0 Å². The summed E-state index contributed by atoms with van der Waals surface area (Å²) in [5.74, 6) is -0.334. The smallest absolute Gasteiger partial charge is 0.276 e. The second-order valence-corrected chi connectivity index (χ2v) is 6.49. The number of amides is 1. The van der Waals surface area contributed by atoms with E-state index in [1.807, 2.05) is 37.3 Å². The number of rotatable bonds is 2. The molecule has 27 heavy (non-hydrogen) atoms. The lowest BCUT2D eigenvalue weighted by Crippen LogP contribution is -2.40. The van der Waals surface area contributed by atoms with Crippen molar-refractivity contribution < 1.29 is 13.9 Å². The maximum Gasteiger partial charge on any atom is 0.276 e. The Bertz CT molecular complexity index is 978. The summed E-state index contributed by atoms with van der Waals surface area (Å²) in [6.07, 6.45) is 4.93. The van der Waals surface area contributed by atoms with Crippen LogP contribution in [0.5, 0.6) is 5.75 Å². The highest BCUT2D eigenvalue weighted by atomic mass is 19.1. The van der Waals surface area contributed by atoms with E-state index in [0.29, 0.717) is 13.2 Å². The lowest BCUT2D eigenvalue weighted by atomic mass is 10.0. The van der Waals surface area contributed by atoms with Crippen LogP contribution >= 0.6 is 0 Å². The van der Waals surface area contributed by atoms with Gasteiger partial charge in [0.15, 0.2) is 11.5 Å². The van der Waals surface area contributed by atoms with Gasteiger partial charge in [0.2, 0.25) is 0 Å². The predicted molar refractivity (Wildman–Crippen MR) is 98.7 cm³/mol. The molecular formula is C21H18FN3O2. The lowest BCUT2D eigenvalue weighted by molar-refractivity contribution is 0.0634. The number of fused-ring (bicyclic) bond motifs is 1. The van der Waals surface area contributed by atoms with Crippen LogP contribution in [-0.2, 0) is 6.54 Å². The molecule has 3 aromatic rings. The van der Waals surface area contributed by atoms with Gasteiger partial charge in [-0.2, -0.15) is 0 Å². The predicted octanol–water partition coefficient (Wildman–Crippen LogP) is 3.71. The Hall–Kier alpha value is -3.28. The summed E-state index contributed by atoms with van der Waals surface area (Å²) in [6.45, 7) is 2.53. The van der Waals surface area contributed by atoms with E-state index in [1.165, 1.54) is 18.3 Å². The fourth-order valence-corrected chi connectivity index (χ4v) is 3.15. The topological polar surface area (TPSA) is 55.3 Å². The van der Waals surface area contributed by atoms with Crippen molar-refractivity contribution in [3.05, 3.63) is 78.1 Å². The first-order chi connectivity index (χ1) is 13.1. The lowest BCUT2D eigenvalue weighted by Gasteiger charge is -2.26. The molecule has 1 aliphatic heterocycles. The highest BCUT2D eigenvalue weighted by molar-refractivity contribution is 5.92. The molecule has 2 aromatic heterocycles. The first-order valence-corrected chi connectivity index (χ1v) is 8.71. The molecule has 0 aliphatic carbocycles. The van der Waals surface area contributed by atoms with Crippen molar-refractivity contribution in [2.75, 3.05) is 6.61 Å². The maximum absolute atomic E-state index is 14.1. The molecule has 0 saturated heterocycles. The van der Waals surface area contributed by atoms with Crippen LogP contribution in [0.3, 0.4) is 0 Å². The Morgan fingerprint density at radius 1 is 1.19 bits per heavy atom. The van der Waals surface area contributed by atoms with Crippen molar-refractivity contribution in [1.29, 1.82) is 0 Å². The van der Waals surface area contributed by atoms with Gasteiger partial charge in [0.25, 0.3) is 5.91 Å². The van der Waals surface area contributed by atoms with E-state index in [-0.39, 0.29) is 11.7 Å². The van der Waals surface area contributed by atoms with Crippen LogP contribution < -0.4 is 4.74 Å². The summed E-state index contributed by atoms with van der Waals surface area (Å²) < 4.78 is 19.9. The van der Waals surface area contributed by atoms with E-state index < -0.39 is 11.7 Å². The fourth-order valence-electron chi connectivity index (χ4n) is 3.15. The van der Waals surface area contributed by atoms with Crippen molar-refractivity contribution in [3.63, 3.8) is 0 Å². The van der Waals surface area contributed by atoms with E-state index in [1.54, 1.807) is 17.3 Å². The van der Waals surface area contributed by atoms with Crippen molar-refractivity contribution >= 4 is 5.91 Å². The largest absolute Gasteiger partial charge is 0.491 e. The molecule has 0 saturated carbocycles. The van der Waals surface area contributed by atoms with Crippen molar-refractivity contribution in [1.82, 2.24) is 14.9 Å². The molecule has 1 aromatic carbocycles. The normalized spacial score (nSPS) is 16.2. The summed E-state index contributed by atoms with van der Waals surface area (Å²) >= 11 is 0. The molecule has 1 aliphatic rings. The minimum Gasteiger partial charge on any atom is -0.491 e. The number of halogens is 1. The van der Waals surface area contributed by atoms with Crippen LogP contribution in [0.25, 0.3) is 11.1 Å². The Kier molecular flexibility index (Phi) is 4.54. The molecule has 3 heterocycles. The molecule has 4 rings (SSSR count). The van der Waals surface area contributed by atoms with Gasteiger partial charge in [-0.05, 0) is 42.8 Å². The number of carbonyl (C=O) groups excluding carboxylic acids is 1. The Morgan fingerprint density at radius 2 is 2.04 bits per heavy atom. The summed E-state index contributed by atoms with van der Waals surface area (Å²) in [6, 6.07) is 12.2. The Balaban J connectivity index is 1.69. The van der Waals surface area contributed by atoms with Gasteiger partial charge in [-0.1, -0.05) is 12.1 Å². The second kappa shape index (κ2) is 7.15. The number of hydrogen-bond acceptors (Lipinski definition) is 4. The molecule has 136 valence electrons. The Morgan fingerprint density at radius 3 is 2.81 bits per heavy atom. The molecule has 0 fully saturated rings. The minimum atomic E-state index is -0.621. The zero-order valence-corrected chi connectivity index (χ0v) is 14.8. The molecular weight excluding hydrogens is 345 g/mol. The van der Waals surface area contributed by atoms with Gasteiger partial charge >= 0.3 is 0 Å². The second-order valence-electron chi connectivity index (χ2n) is 6.49. The molecule has 1 amide bonds. The highest BCUT2D eigenvalue weighted by Crippen LogP contribution is 2.30. The van der Waals surface area contributed by atoms with Crippen molar-refractivity contribution in [2.45, 2.75) is 19.5 Å². The van der Waals surface area contributed by atoms with Crippen LogP contribution in [0, 0.1) is 5.82 Å². The average molecular weight is 363 g/mol. The van der Waals surface area contributed by atoms with E-state index in [9.17, 15) is 9.18 Å². The van der Waals surface area contributed by atoms with Gasteiger partial charge in [0, 0.05) is 29.7 Å². The number of nitrogens with zero attached hydrogens (tertiary/aromatic N) is 3. The van der Waals surface area contributed by atoms with E-state index in [4.69, 9.17) is 4.74 Å². The van der Waals surface area contributed by atoms with Crippen molar-refractivity contribution in [3.8, 4) is 16.9 Å². The molecule has 5 nitrogen and oxygen atoms in total.